The van der Waals surface area contributed by atoms with Gasteiger partial charge in [0.25, 0.3) is 0 Å². The second-order valence-electron chi connectivity index (χ2n) is 4.57. The maximum Gasteiger partial charge on any atom is 0.248 e. The predicted molar refractivity (Wildman–Crippen MR) is 82.9 cm³/mol. The number of nitrogen functional groups attached to an aromatic ring is 1. The fraction of sp³-hybridized carbons (Fsp3) is 0.500. The summed E-state index contributed by atoms with van der Waals surface area (Å²) in [7, 11) is 1.57. The highest BCUT2D eigenvalue weighted by Gasteiger charge is 2.40. The van der Waals surface area contributed by atoms with Crippen molar-refractivity contribution in [3.05, 3.63) is 29.8 Å². The highest BCUT2D eigenvalue weighted by atomic mass is 16.5. The summed E-state index contributed by atoms with van der Waals surface area (Å²) in [4.78, 5) is 15.5. The molecule has 1 atom stereocenters. The Bertz CT molecular complexity index is 480. The number of carbonyl (C=O) groups is 1. The Hall–Kier alpha value is -1.84. The van der Waals surface area contributed by atoms with Crippen molar-refractivity contribution in [3.8, 4) is 0 Å². The molecule has 1 unspecified atom stereocenters. The van der Waals surface area contributed by atoms with E-state index in [1.807, 2.05) is 38.1 Å². The van der Waals surface area contributed by atoms with Crippen LogP contribution in [0, 0.1) is 0 Å². The van der Waals surface area contributed by atoms with Crippen molar-refractivity contribution in [2.45, 2.75) is 45.4 Å². The van der Waals surface area contributed by atoms with Gasteiger partial charge in [0.05, 0.1) is 12.5 Å². The average Bonchev–Trinajstić information content (AvgIpc) is 2.50. The number of rotatable bonds is 2. The molecule has 1 heterocycles. The van der Waals surface area contributed by atoms with Crippen LogP contribution in [-0.4, -0.2) is 18.9 Å². The molecule has 110 valence electrons. The maximum atomic E-state index is 11.4. The minimum atomic E-state index is -0.295. The number of amides is 1. The van der Waals surface area contributed by atoms with Gasteiger partial charge in [-0.15, -0.1) is 0 Å². The van der Waals surface area contributed by atoms with E-state index in [0.29, 0.717) is 12.3 Å². The molecule has 4 nitrogen and oxygen atoms in total. The van der Waals surface area contributed by atoms with Crippen LogP contribution in [0.25, 0.3) is 0 Å². The van der Waals surface area contributed by atoms with E-state index in [9.17, 15) is 4.79 Å². The number of nitrogens with two attached hydrogens (primary N) is 1. The molecule has 0 spiro atoms. The second-order valence-corrected chi connectivity index (χ2v) is 4.57. The summed E-state index contributed by atoms with van der Waals surface area (Å²) >= 11 is 0. The van der Waals surface area contributed by atoms with Gasteiger partial charge in [0.15, 0.2) is 0 Å². The molecular weight excluding hydrogens is 252 g/mol. The number of aliphatic imine (C=N–C) groups is 1. The van der Waals surface area contributed by atoms with E-state index in [0.717, 1.165) is 24.1 Å². The molecule has 20 heavy (non-hydrogen) atoms. The second kappa shape index (κ2) is 7.08. The lowest BCUT2D eigenvalue weighted by Gasteiger charge is -2.35. The van der Waals surface area contributed by atoms with Crippen LogP contribution in [-0.2, 0) is 14.9 Å². The van der Waals surface area contributed by atoms with Crippen LogP contribution in [0.1, 0.15) is 45.6 Å². The topological polar surface area (TPSA) is 64.7 Å². The first-order chi connectivity index (χ1) is 9.62. The quantitative estimate of drug-likeness (QED) is 0.843. The van der Waals surface area contributed by atoms with E-state index in [2.05, 4.69) is 11.9 Å². The van der Waals surface area contributed by atoms with E-state index in [1.165, 1.54) is 0 Å². The Kier molecular flexibility index (Phi) is 5.74. The number of carbonyl (C=O) groups excluding carboxylic acids is 1. The summed E-state index contributed by atoms with van der Waals surface area (Å²) in [6.07, 6.45) is 2.04. The minimum absolute atomic E-state index is 0.105. The fourth-order valence-corrected chi connectivity index (χ4v) is 2.55. The van der Waals surface area contributed by atoms with Gasteiger partial charge in [0.2, 0.25) is 11.8 Å². The van der Waals surface area contributed by atoms with Gasteiger partial charge in [-0.3, -0.25) is 4.79 Å². The smallest absolute Gasteiger partial charge is 0.248 e. The number of ether oxygens (including phenoxy) is 1. The van der Waals surface area contributed by atoms with Crippen molar-refractivity contribution in [2.24, 2.45) is 4.99 Å². The first kappa shape index (κ1) is 16.2. The predicted octanol–water partition coefficient (Wildman–Crippen LogP) is 3.31. The molecule has 0 saturated carbocycles. The molecule has 1 amide bonds. The molecule has 1 aromatic rings. The number of nitrogens with zero attached hydrogens (tertiary/aromatic N) is 1. The first-order valence-electron chi connectivity index (χ1n) is 7.14. The van der Waals surface area contributed by atoms with Gasteiger partial charge in [-0.1, -0.05) is 32.9 Å². The molecule has 0 aliphatic carbocycles. The molecule has 0 radical (unpaired) electrons. The lowest BCUT2D eigenvalue weighted by molar-refractivity contribution is -0.118. The van der Waals surface area contributed by atoms with Crippen LogP contribution < -0.4 is 5.73 Å². The van der Waals surface area contributed by atoms with Crippen molar-refractivity contribution < 1.29 is 9.53 Å². The van der Waals surface area contributed by atoms with Crippen LogP contribution in [0.3, 0.4) is 0 Å². The largest absolute Gasteiger partial charge is 0.483 e. The number of benzene rings is 1. The van der Waals surface area contributed by atoms with Gasteiger partial charge >= 0.3 is 0 Å². The summed E-state index contributed by atoms with van der Waals surface area (Å²) < 4.78 is 5.35. The van der Waals surface area contributed by atoms with Gasteiger partial charge in [-0.05, 0) is 30.5 Å². The summed E-state index contributed by atoms with van der Waals surface area (Å²) in [5, 5.41) is 0. The van der Waals surface area contributed by atoms with E-state index in [-0.39, 0.29) is 11.3 Å². The van der Waals surface area contributed by atoms with Crippen LogP contribution in [0.2, 0.25) is 0 Å². The first-order valence-corrected chi connectivity index (χ1v) is 7.14. The van der Waals surface area contributed by atoms with Crippen LogP contribution in [0.5, 0.6) is 0 Å². The Morgan fingerprint density at radius 3 is 2.40 bits per heavy atom. The van der Waals surface area contributed by atoms with Gasteiger partial charge in [0, 0.05) is 12.1 Å². The number of methoxy groups -OCH3 is 1. The molecule has 2 N–H and O–H groups in total. The molecule has 0 aromatic heterocycles. The number of hydrogen-bond acceptors (Lipinski definition) is 3. The molecule has 1 aliphatic heterocycles. The van der Waals surface area contributed by atoms with Gasteiger partial charge in [-0.2, -0.15) is 4.99 Å². The molecule has 2 rings (SSSR count). The third-order valence-electron chi connectivity index (χ3n) is 3.66. The van der Waals surface area contributed by atoms with E-state index in [4.69, 9.17) is 10.5 Å². The van der Waals surface area contributed by atoms with E-state index < -0.39 is 0 Å². The molecule has 1 aliphatic rings. The lowest BCUT2D eigenvalue weighted by Crippen LogP contribution is -2.40. The number of anilines is 1. The van der Waals surface area contributed by atoms with Gasteiger partial charge in [0.1, 0.15) is 0 Å². The maximum absolute atomic E-state index is 11.4. The minimum Gasteiger partial charge on any atom is -0.483 e. The fourth-order valence-electron chi connectivity index (χ4n) is 2.55. The Labute approximate surface area is 121 Å². The zero-order valence-electron chi connectivity index (χ0n) is 12.8. The van der Waals surface area contributed by atoms with Crippen molar-refractivity contribution in [1.29, 1.82) is 0 Å². The van der Waals surface area contributed by atoms with Gasteiger partial charge in [-0.25, -0.2) is 0 Å². The van der Waals surface area contributed by atoms with Crippen molar-refractivity contribution in [2.75, 3.05) is 12.8 Å². The highest BCUT2D eigenvalue weighted by molar-refractivity contribution is 6.00. The van der Waals surface area contributed by atoms with Crippen molar-refractivity contribution in [1.82, 2.24) is 0 Å². The molecular formula is C16H24N2O2. The highest BCUT2D eigenvalue weighted by Crippen LogP contribution is 2.38. The monoisotopic (exact) mass is 276 g/mol. The summed E-state index contributed by atoms with van der Waals surface area (Å²) in [5.41, 5.74) is 7.25. The SMILES string of the molecule is CC.CCC1(c2ccc(N)cc2)CCC(=O)N=C1OC. The standard InChI is InChI=1S/C14H18N2O2.C2H6/c1-3-14(10-4-6-11(15)7-5-10)9-8-12(17)16-13(14)18-2;1-2/h4-7H,3,8-9,15H2,1-2H3;1-2H3. The third-order valence-corrected chi connectivity index (χ3v) is 3.66. The van der Waals surface area contributed by atoms with Crippen LogP contribution >= 0.6 is 0 Å². The zero-order valence-corrected chi connectivity index (χ0v) is 12.8. The summed E-state index contributed by atoms with van der Waals surface area (Å²) in [6, 6.07) is 7.72. The Morgan fingerprint density at radius 2 is 1.90 bits per heavy atom. The van der Waals surface area contributed by atoms with E-state index in [1.54, 1.807) is 7.11 Å². The van der Waals surface area contributed by atoms with Gasteiger partial charge < -0.3 is 10.5 Å². The van der Waals surface area contributed by atoms with Crippen molar-refractivity contribution in [3.63, 3.8) is 0 Å². The summed E-state index contributed by atoms with van der Waals surface area (Å²) in [6.45, 7) is 6.08. The lowest BCUT2D eigenvalue weighted by atomic mass is 9.73. The summed E-state index contributed by atoms with van der Waals surface area (Å²) in [5.74, 6) is 0.414. The number of hydrogen-bond donors (Lipinski definition) is 1. The molecule has 0 fully saturated rings. The van der Waals surface area contributed by atoms with Crippen molar-refractivity contribution >= 4 is 17.5 Å². The zero-order chi connectivity index (χ0) is 15.2. The van der Waals surface area contributed by atoms with Crippen LogP contribution in [0.4, 0.5) is 5.69 Å². The Morgan fingerprint density at radius 1 is 1.30 bits per heavy atom. The van der Waals surface area contributed by atoms with Crippen LogP contribution in [0.15, 0.2) is 29.3 Å². The third kappa shape index (κ3) is 3.00. The average molecular weight is 276 g/mol. The molecule has 0 bridgehead atoms. The molecule has 1 aromatic carbocycles. The Balaban J connectivity index is 0.000000956. The molecule has 4 heteroatoms. The van der Waals surface area contributed by atoms with E-state index >= 15 is 0 Å². The normalized spacial score (nSPS) is 21.6. The molecule has 0 saturated heterocycles.